The Morgan fingerprint density at radius 1 is 0.387 bits per heavy atom. The van der Waals surface area contributed by atoms with Crippen LogP contribution in [0.1, 0.15) is 50.1 Å². The molecule has 0 spiro atoms. The third kappa shape index (κ3) is 7.20. The van der Waals surface area contributed by atoms with E-state index in [-0.39, 0.29) is 0 Å². The van der Waals surface area contributed by atoms with Gasteiger partial charge >= 0.3 is 0 Å². The van der Waals surface area contributed by atoms with Gasteiger partial charge in [0.2, 0.25) is 0 Å². The Morgan fingerprint density at radius 3 is 0.839 bits per heavy atom. The van der Waals surface area contributed by atoms with Crippen molar-refractivity contribution in [3.8, 4) is 34.7 Å². The second-order valence-electron chi connectivity index (χ2n) is 8.17. The molecule has 3 aromatic rings. The summed E-state index contributed by atoms with van der Waals surface area (Å²) >= 11 is 0. The minimum Gasteiger partial charge on any atom is -0.0604 e. The van der Waals surface area contributed by atoms with Crippen molar-refractivity contribution < 1.29 is 0 Å². The maximum atomic E-state index is 3.36. The van der Waals surface area contributed by atoms with E-state index in [9.17, 15) is 0 Å². The first kappa shape index (κ1) is 22.5. The number of aryl methyl sites for hydroxylation is 6. The van der Waals surface area contributed by atoms with Gasteiger partial charge in [0.05, 0.1) is 0 Å². The zero-order valence-corrected chi connectivity index (χ0v) is 20.0. The summed E-state index contributed by atoms with van der Waals surface area (Å²) in [5, 5.41) is 0. The Morgan fingerprint density at radius 2 is 0.613 bits per heavy atom. The lowest BCUT2D eigenvalue weighted by Crippen LogP contribution is -1.82. The fourth-order valence-corrected chi connectivity index (χ4v) is 4.48. The molecule has 0 bridgehead atoms. The minimum absolute atomic E-state index is 1.02. The molecular formula is C30H27P. The molecule has 0 heterocycles. The van der Waals surface area contributed by atoms with Crippen LogP contribution >= 0.6 is 7.92 Å². The van der Waals surface area contributed by atoms with Crippen molar-refractivity contribution >= 4 is 7.92 Å². The third-order valence-corrected chi connectivity index (χ3v) is 5.61. The van der Waals surface area contributed by atoms with Crippen LogP contribution in [0, 0.1) is 76.3 Å². The summed E-state index contributed by atoms with van der Waals surface area (Å²) in [6.45, 7) is 12.6. The molecule has 0 amide bonds. The van der Waals surface area contributed by atoms with Crippen LogP contribution in [0.2, 0.25) is 0 Å². The van der Waals surface area contributed by atoms with E-state index in [2.05, 4.69) is 131 Å². The number of hydrogen-bond donors (Lipinski definition) is 0. The Kier molecular flexibility index (Phi) is 7.38. The summed E-state index contributed by atoms with van der Waals surface area (Å²) in [5.41, 5.74) is 20.4. The van der Waals surface area contributed by atoms with Crippen LogP contribution in [0.5, 0.6) is 0 Å². The van der Waals surface area contributed by atoms with Crippen LogP contribution < -0.4 is 0 Å². The van der Waals surface area contributed by atoms with Crippen molar-refractivity contribution in [1.82, 2.24) is 0 Å². The van der Waals surface area contributed by atoms with E-state index in [1.807, 2.05) is 0 Å². The second-order valence-corrected chi connectivity index (χ2v) is 9.52. The minimum atomic E-state index is -1.07. The predicted molar refractivity (Wildman–Crippen MR) is 135 cm³/mol. The molecule has 0 saturated heterocycles. The van der Waals surface area contributed by atoms with Gasteiger partial charge in [-0.3, -0.25) is 0 Å². The van der Waals surface area contributed by atoms with Gasteiger partial charge in [-0.05, 0) is 128 Å². The van der Waals surface area contributed by atoms with Gasteiger partial charge in [-0.25, -0.2) is 0 Å². The topological polar surface area (TPSA) is 0 Å². The van der Waals surface area contributed by atoms with Gasteiger partial charge in [0.15, 0.2) is 0 Å². The van der Waals surface area contributed by atoms with Crippen molar-refractivity contribution in [2.45, 2.75) is 41.5 Å². The van der Waals surface area contributed by atoms with Gasteiger partial charge in [0.25, 0.3) is 0 Å². The van der Waals surface area contributed by atoms with Crippen molar-refractivity contribution in [2.24, 2.45) is 0 Å². The summed E-state index contributed by atoms with van der Waals surface area (Å²) in [5.74, 6) is 9.95. The molecule has 3 aromatic carbocycles. The first-order valence-electron chi connectivity index (χ1n) is 10.4. The standard InChI is InChI=1S/C30H27P/c1-22-13-23(2)17-28(16-22)7-10-31(11-8-29-18-24(3)14-25(4)19-29)12-9-30-20-26(5)15-27(6)21-30/h13-21H,1-6H3. The van der Waals surface area contributed by atoms with Gasteiger partial charge < -0.3 is 0 Å². The Labute approximate surface area is 188 Å². The quantitative estimate of drug-likeness (QED) is 0.264. The average molecular weight is 419 g/mol. The van der Waals surface area contributed by atoms with Crippen molar-refractivity contribution in [3.05, 3.63) is 105 Å². The van der Waals surface area contributed by atoms with Gasteiger partial charge in [0, 0.05) is 16.7 Å². The highest BCUT2D eigenvalue weighted by atomic mass is 31.1. The number of rotatable bonds is 0. The largest absolute Gasteiger partial charge is 0.128 e. The molecule has 31 heavy (non-hydrogen) atoms. The van der Waals surface area contributed by atoms with Crippen LogP contribution in [0.4, 0.5) is 0 Å². The van der Waals surface area contributed by atoms with Crippen LogP contribution in [-0.2, 0) is 0 Å². The molecule has 3 rings (SSSR count). The van der Waals surface area contributed by atoms with E-state index in [0.29, 0.717) is 0 Å². The lowest BCUT2D eigenvalue weighted by molar-refractivity contribution is 1.37. The lowest BCUT2D eigenvalue weighted by atomic mass is 10.1. The van der Waals surface area contributed by atoms with Crippen LogP contribution in [0.25, 0.3) is 0 Å². The van der Waals surface area contributed by atoms with Crippen molar-refractivity contribution in [1.29, 1.82) is 0 Å². The monoisotopic (exact) mass is 418 g/mol. The molecule has 0 fully saturated rings. The Balaban J connectivity index is 1.99. The van der Waals surface area contributed by atoms with E-state index in [4.69, 9.17) is 0 Å². The van der Waals surface area contributed by atoms with Crippen LogP contribution in [0.15, 0.2) is 54.6 Å². The zero-order chi connectivity index (χ0) is 22.4. The summed E-state index contributed by atoms with van der Waals surface area (Å²) < 4.78 is 0. The molecule has 1 heteroatoms. The molecule has 0 saturated carbocycles. The molecule has 0 aliphatic carbocycles. The summed E-state index contributed by atoms with van der Waals surface area (Å²) in [4.78, 5) is 0. The molecule has 0 radical (unpaired) electrons. The maximum absolute atomic E-state index is 3.36. The van der Waals surface area contributed by atoms with E-state index in [0.717, 1.165) is 16.7 Å². The van der Waals surface area contributed by atoms with Crippen LogP contribution in [0.3, 0.4) is 0 Å². The highest BCUT2D eigenvalue weighted by Gasteiger charge is 1.99. The molecule has 0 nitrogen and oxygen atoms in total. The SMILES string of the molecule is Cc1cc(C)cc(C#CP(C#Cc2cc(C)cc(C)c2)C#Cc2cc(C)cc(C)c2)c1. The van der Waals surface area contributed by atoms with Gasteiger partial charge in [0.1, 0.15) is 7.92 Å². The third-order valence-electron chi connectivity index (χ3n) is 4.60. The molecule has 152 valence electrons. The number of benzene rings is 3. The maximum Gasteiger partial charge on any atom is 0.128 e. The van der Waals surface area contributed by atoms with Gasteiger partial charge in [-0.15, -0.1) is 0 Å². The fourth-order valence-electron chi connectivity index (χ4n) is 3.59. The summed E-state index contributed by atoms with van der Waals surface area (Å²) in [7, 11) is -1.07. The van der Waals surface area contributed by atoms with E-state index < -0.39 is 7.92 Å². The van der Waals surface area contributed by atoms with E-state index >= 15 is 0 Å². The first-order chi connectivity index (χ1) is 14.8. The van der Waals surface area contributed by atoms with Crippen molar-refractivity contribution in [3.63, 3.8) is 0 Å². The molecule has 0 aromatic heterocycles. The van der Waals surface area contributed by atoms with Crippen molar-refractivity contribution in [2.75, 3.05) is 0 Å². The number of hydrogen-bond acceptors (Lipinski definition) is 0. The van der Waals surface area contributed by atoms with Crippen LogP contribution in [-0.4, -0.2) is 0 Å². The lowest BCUT2D eigenvalue weighted by Gasteiger charge is -1.99. The molecule has 0 aliphatic heterocycles. The zero-order valence-electron chi connectivity index (χ0n) is 19.1. The Hall–Kier alpha value is -3.23. The molecule has 0 atom stereocenters. The second kappa shape index (κ2) is 10.2. The van der Waals surface area contributed by atoms with Gasteiger partial charge in [-0.2, -0.15) is 0 Å². The summed E-state index contributed by atoms with van der Waals surface area (Å²) in [6, 6.07) is 19.2. The predicted octanol–water partition coefficient (Wildman–Crippen LogP) is 7.35. The highest BCUT2D eigenvalue weighted by molar-refractivity contribution is 7.72. The molecule has 0 aliphatic rings. The molecule has 0 unspecified atom stereocenters. The van der Waals surface area contributed by atoms with E-state index in [1.165, 1.54) is 33.4 Å². The smallest absolute Gasteiger partial charge is 0.0604 e. The Bertz CT molecular complexity index is 1080. The summed E-state index contributed by atoms with van der Waals surface area (Å²) in [6.07, 6.45) is 0. The molecule has 0 N–H and O–H groups in total. The molecular weight excluding hydrogens is 391 g/mol. The highest BCUT2D eigenvalue weighted by Crippen LogP contribution is 2.31. The average Bonchev–Trinajstić information content (AvgIpc) is 2.65. The first-order valence-corrected chi connectivity index (χ1v) is 11.7. The normalized spacial score (nSPS) is 9.77. The fraction of sp³-hybridized carbons (Fsp3) is 0.200. The van der Waals surface area contributed by atoms with E-state index in [1.54, 1.807) is 0 Å². The van der Waals surface area contributed by atoms with Gasteiger partial charge in [-0.1, -0.05) is 36.0 Å².